The van der Waals surface area contributed by atoms with Gasteiger partial charge in [0, 0.05) is 6.54 Å². The SMILES string of the molecule is C[C@@H]1OC1OCCN(C)C. The number of nitrogens with zero attached hydrogens (tertiary/aromatic N) is 1. The van der Waals surface area contributed by atoms with Crippen molar-refractivity contribution in [3.8, 4) is 0 Å². The Morgan fingerprint density at radius 2 is 2.10 bits per heavy atom. The Hall–Kier alpha value is -0.120. The molecular weight excluding hydrogens is 130 g/mol. The lowest BCUT2D eigenvalue weighted by molar-refractivity contribution is 0.0421. The first-order chi connectivity index (χ1) is 4.70. The van der Waals surface area contributed by atoms with Crippen LogP contribution in [0.2, 0.25) is 0 Å². The molecule has 0 aromatic heterocycles. The minimum absolute atomic E-state index is 0.0833. The van der Waals surface area contributed by atoms with Gasteiger partial charge in [0.1, 0.15) is 6.10 Å². The van der Waals surface area contributed by atoms with Crippen molar-refractivity contribution in [1.29, 1.82) is 0 Å². The molecule has 10 heavy (non-hydrogen) atoms. The maximum Gasteiger partial charge on any atom is 0.184 e. The van der Waals surface area contributed by atoms with Gasteiger partial charge >= 0.3 is 0 Å². The Kier molecular flexibility index (Phi) is 2.65. The van der Waals surface area contributed by atoms with E-state index in [1.165, 1.54) is 0 Å². The lowest BCUT2D eigenvalue weighted by Crippen LogP contribution is -2.18. The summed E-state index contributed by atoms with van der Waals surface area (Å²) in [5.41, 5.74) is 0. The molecular formula is C7H15NO2. The van der Waals surface area contributed by atoms with Crippen LogP contribution in [0.15, 0.2) is 0 Å². The number of likely N-dealkylation sites (N-methyl/N-ethyl adjacent to an activating group) is 1. The minimum Gasteiger partial charge on any atom is -0.349 e. The van der Waals surface area contributed by atoms with Gasteiger partial charge in [0.2, 0.25) is 0 Å². The summed E-state index contributed by atoms with van der Waals surface area (Å²) in [6, 6.07) is 0. The summed E-state index contributed by atoms with van der Waals surface area (Å²) in [6.45, 7) is 3.74. The zero-order valence-electron chi connectivity index (χ0n) is 6.83. The van der Waals surface area contributed by atoms with Crippen LogP contribution in [0.4, 0.5) is 0 Å². The van der Waals surface area contributed by atoms with Crippen molar-refractivity contribution in [3.05, 3.63) is 0 Å². The number of rotatable bonds is 4. The lowest BCUT2D eigenvalue weighted by Gasteiger charge is -2.07. The van der Waals surface area contributed by atoms with Crippen LogP contribution in [0.3, 0.4) is 0 Å². The second-order valence-electron chi connectivity index (χ2n) is 2.88. The van der Waals surface area contributed by atoms with Crippen LogP contribution in [-0.2, 0) is 9.47 Å². The molecule has 0 aliphatic carbocycles. The first-order valence-corrected chi connectivity index (χ1v) is 3.62. The molecule has 0 spiro atoms. The van der Waals surface area contributed by atoms with Crippen molar-refractivity contribution in [1.82, 2.24) is 4.90 Å². The minimum atomic E-state index is 0.0833. The summed E-state index contributed by atoms with van der Waals surface area (Å²) in [5.74, 6) is 0. The average Bonchev–Trinajstić information content (AvgIpc) is 2.46. The predicted octanol–water partition coefficient (Wildman–Crippen LogP) is 0.309. The predicted molar refractivity (Wildman–Crippen MR) is 38.8 cm³/mol. The molecule has 0 saturated carbocycles. The Labute approximate surface area is 61.9 Å². The molecule has 0 N–H and O–H groups in total. The number of hydrogen-bond donors (Lipinski definition) is 0. The second kappa shape index (κ2) is 3.32. The van der Waals surface area contributed by atoms with E-state index in [0.29, 0.717) is 6.10 Å². The molecule has 0 bridgehead atoms. The maximum absolute atomic E-state index is 5.31. The number of epoxide rings is 1. The Bertz CT molecular complexity index is 106. The molecule has 1 unspecified atom stereocenters. The van der Waals surface area contributed by atoms with Crippen molar-refractivity contribution in [2.45, 2.75) is 19.3 Å². The van der Waals surface area contributed by atoms with Gasteiger partial charge in [0.15, 0.2) is 6.29 Å². The highest BCUT2D eigenvalue weighted by molar-refractivity contribution is 4.70. The molecule has 0 aromatic carbocycles. The highest BCUT2D eigenvalue weighted by atomic mass is 16.8. The van der Waals surface area contributed by atoms with E-state index in [2.05, 4.69) is 4.90 Å². The van der Waals surface area contributed by atoms with Gasteiger partial charge in [-0.3, -0.25) is 0 Å². The molecule has 2 atom stereocenters. The first-order valence-electron chi connectivity index (χ1n) is 3.62. The third-order valence-electron chi connectivity index (χ3n) is 1.48. The van der Waals surface area contributed by atoms with E-state index in [9.17, 15) is 0 Å². The van der Waals surface area contributed by atoms with Gasteiger partial charge in [-0.15, -0.1) is 0 Å². The van der Waals surface area contributed by atoms with Crippen molar-refractivity contribution in [2.75, 3.05) is 27.2 Å². The van der Waals surface area contributed by atoms with E-state index in [1.807, 2.05) is 21.0 Å². The maximum atomic E-state index is 5.31. The zero-order chi connectivity index (χ0) is 7.56. The molecule has 1 aliphatic rings. The molecule has 3 heteroatoms. The molecule has 1 rings (SSSR count). The van der Waals surface area contributed by atoms with Crippen LogP contribution in [0, 0.1) is 0 Å². The van der Waals surface area contributed by atoms with Gasteiger partial charge in [0.25, 0.3) is 0 Å². The number of hydrogen-bond acceptors (Lipinski definition) is 3. The van der Waals surface area contributed by atoms with Crippen LogP contribution >= 0.6 is 0 Å². The highest BCUT2D eigenvalue weighted by Crippen LogP contribution is 2.21. The van der Waals surface area contributed by atoms with E-state index >= 15 is 0 Å². The van der Waals surface area contributed by atoms with Crippen molar-refractivity contribution >= 4 is 0 Å². The van der Waals surface area contributed by atoms with E-state index in [4.69, 9.17) is 9.47 Å². The number of ether oxygens (including phenoxy) is 2. The van der Waals surface area contributed by atoms with E-state index < -0.39 is 0 Å². The summed E-state index contributed by atoms with van der Waals surface area (Å²) in [5, 5.41) is 0. The fourth-order valence-electron chi connectivity index (χ4n) is 0.692. The van der Waals surface area contributed by atoms with Crippen LogP contribution in [0.5, 0.6) is 0 Å². The van der Waals surface area contributed by atoms with Crippen molar-refractivity contribution in [3.63, 3.8) is 0 Å². The summed E-state index contributed by atoms with van der Waals surface area (Å²) >= 11 is 0. The van der Waals surface area contributed by atoms with E-state index in [1.54, 1.807) is 0 Å². The largest absolute Gasteiger partial charge is 0.349 e. The summed E-state index contributed by atoms with van der Waals surface area (Å²) in [4.78, 5) is 2.09. The topological polar surface area (TPSA) is 25.0 Å². The van der Waals surface area contributed by atoms with Gasteiger partial charge in [-0.25, -0.2) is 0 Å². The molecule has 1 saturated heterocycles. The zero-order valence-corrected chi connectivity index (χ0v) is 6.83. The van der Waals surface area contributed by atoms with Crippen LogP contribution < -0.4 is 0 Å². The smallest absolute Gasteiger partial charge is 0.184 e. The normalized spacial score (nSPS) is 31.2. The molecule has 0 radical (unpaired) electrons. The van der Waals surface area contributed by atoms with Gasteiger partial charge < -0.3 is 14.4 Å². The van der Waals surface area contributed by atoms with Gasteiger partial charge in [-0.05, 0) is 21.0 Å². The highest BCUT2D eigenvalue weighted by Gasteiger charge is 2.34. The van der Waals surface area contributed by atoms with Crippen molar-refractivity contribution < 1.29 is 9.47 Å². The Balaban J connectivity index is 1.87. The average molecular weight is 145 g/mol. The second-order valence-corrected chi connectivity index (χ2v) is 2.88. The summed E-state index contributed by atoms with van der Waals surface area (Å²) in [7, 11) is 4.06. The monoisotopic (exact) mass is 145 g/mol. The van der Waals surface area contributed by atoms with Gasteiger partial charge in [0.05, 0.1) is 6.61 Å². The third-order valence-corrected chi connectivity index (χ3v) is 1.48. The fourth-order valence-corrected chi connectivity index (χ4v) is 0.692. The summed E-state index contributed by atoms with van der Waals surface area (Å²) in [6.07, 6.45) is 0.405. The summed E-state index contributed by atoms with van der Waals surface area (Å²) < 4.78 is 10.4. The van der Waals surface area contributed by atoms with Gasteiger partial charge in [-0.2, -0.15) is 0 Å². The molecule has 1 aliphatic heterocycles. The van der Waals surface area contributed by atoms with E-state index in [0.717, 1.165) is 13.2 Å². The van der Waals surface area contributed by atoms with Crippen LogP contribution in [0.1, 0.15) is 6.92 Å². The fraction of sp³-hybridized carbons (Fsp3) is 1.00. The molecule has 1 heterocycles. The molecule has 60 valence electrons. The van der Waals surface area contributed by atoms with Crippen LogP contribution in [-0.4, -0.2) is 44.5 Å². The molecule has 3 nitrogen and oxygen atoms in total. The first kappa shape index (κ1) is 7.98. The Morgan fingerprint density at radius 1 is 1.50 bits per heavy atom. The third kappa shape index (κ3) is 2.64. The van der Waals surface area contributed by atoms with Crippen LogP contribution in [0.25, 0.3) is 0 Å². The molecule has 0 amide bonds. The van der Waals surface area contributed by atoms with Crippen molar-refractivity contribution in [2.24, 2.45) is 0 Å². The van der Waals surface area contributed by atoms with Gasteiger partial charge in [-0.1, -0.05) is 0 Å². The quantitative estimate of drug-likeness (QED) is 0.532. The Morgan fingerprint density at radius 3 is 2.50 bits per heavy atom. The lowest BCUT2D eigenvalue weighted by atomic mass is 10.5. The standard InChI is InChI=1S/C7H15NO2/c1-6-7(10-6)9-5-4-8(2)3/h6-7H,4-5H2,1-3H3/t6-,7?/m0/s1. The molecule has 1 fully saturated rings. The molecule has 0 aromatic rings. The van der Waals surface area contributed by atoms with E-state index in [-0.39, 0.29) is 6.29 Å².